The number of amides is 1. The molecule has 0 fully saturated rings. The number of fused-ring (bicyclic) bond motifs is 1. The van der Waals surface area contributed by atoms with Crippen molar-refractivity contribution < 1.29 is 4.79 Å². The lowest BCUT2D eigenvalue weighted by molar-refractivity contribution is 0.100. The zero-order valence-electron chi connectivity index (χ0n) is 8.11. The van der Waals surface area contributed by atoms with Crippen molar-refractivity contribution in [1.82, 2.24) is 0 Å². The van der Waals surface area contributed by atoms with E-state index in [1.54, 1.807) is 12.1 Å². The fourth-order valence-electron chi connectivity index (χ4n) is 1.46. The van der Waals surface area contributed by atoms with Crippen LogP contribution in [0.1, 0.15) is 10.4 Å². The zero-order valence-corrected chi connectivity index (χ0v) is 10.5. The molecule has 0 saturated carbocycles. The van der Waals surface area contributed by atoms with Crippen molar-refractivity contribution in [2.24, 2.45) is 4.99 Å². The Morgan fingerprint density at radius 2 is 1.88 bits per heavy atom. The number of hydrogen-bond donors (Lipinski definition) is 0. The first-order chi connectivity index (χ1) is 7.70. The summed E-state index contributed by atoms with van der Waals surface area (Å²) < 4.78 is 1.01. The second-order valence-corrected chi connectivity index (χ2v) is 4.31. The largest absolute Gasteiger partial charge is 0.285 e. The highest BCUT2D eigenvalue weighted by Gasteiger charge is 2.04. The van der Waals surface area contributed by atoms with Crippen LogP contribution in [0.4, 0.5) is 0 Å². The summed E-state index contributed by atoms with van der Waals surface area (Å²) in [5.41, 5.74) is 0.521. The summed E-state index contributed by atoms with van der Waals surface area (Å²) in [6, 6.07) is 11.3. The van der Waals surface area contributed by atoms with Crippen molar-refractivity contribution in [3.63, 3.8) is 0 Å². The minimum Gasteiger partial charge on any atom is -0.266 e. The van der Waals surface area contributed by atoms with Gasteiger partial charge in [0.25, 0.3) is 5.91 Å². The van der Waals surface area contributed by atoms with E-state index < -0.39 is 0 Å². The lowest BCUT2D eigenvalue weighted by atomic mass is 10.1. The van der Waals surface area contributed by atoms with Crippen molar-refractivity contribution in [1.29, 1.82) is 0 Å². The van der Waals surface area contributed by atoms with E-state index >= 15 is 0 Å². The van der Waals surface area contributed by atoms with Crippen LogP contribution in [0, 0.1) is 0 Å². The van der Waals surface area contributed by atoms with E-state index in [0.717, 1.165) is 15.2 Å². The number of halogens is 1. The highest BCUT2D eigenvalue weighted by atomic mass is 79.9. The van der Waals surface area contributed by atoms with Crippen molar-refractivity contribution in [3.05, 3.63) is 46.4 Å². The number of benzene rings is 2. The molecule has 0 bridgehead atoms. The molecule has 2 rings (SSSR count). The molecule has 16 heavy (non-hydrogen) atoms. The number of carbonyl (C=O) groups excluding carboxylic acids is 1. The minimum absolute atomic E-state index is 0.361. The summed E-state index contributed by atoms with van der Waals surface area (Å²) in [5.74, 6) is -0.361. The molecule has 4 heteroatoms. The minimum atomic E-state index is -0.361. The Bertz CT molecular complexity index is 617. The van der Waals surface area contributed by atoms with Crippen LogP contribution in [0.3, 0.4) is 0 Å². The van der Waals surface area contributed by atoms with Gasteiger partial charge in [0.1, 0.15) is 0 Å². The molecule has 0 spiro atoms. The van der Waals surface area contributed by atoms with Gasteiger partial charge in [-0.3, -0.25) is 4.79 Å². The molecular weight excluding hydrogens is 286 g/mol. The van der Waals surface area contributed by atoms with Gasteiger partial charge in [-0.2, -0.15) is 4.99 Å². The summed E-state index contributed by atoms with van der Waals surface area (Å²) in [5, 5.41) is 4.14. The molecule has 0 heterocycles. The van der Waals surface area contributed by atoms with E-state index in [4.69, 9.17) is 0 Å². The van der Waals surface area contributed by atoms with Gasteiger partial charge in [-0.15, -0.1) is 0 Å². The summed E-state index contributed by atoms with van der Waals surface area (Å²) in [6.07, 6.45) is 0. The van der Waals surface area contributed by atoms with Crippen LogP contribution < -0.4 is 0 Å². The highest BCUT2D eigenvalue weighted by Crippen LogP contribution is 2.21. The Labute approximate surface area is 106 Å². The molecule has 0 N–H and O–H groups in total. The molecule has 78 valence electrons. The van der Waals surface area contributed by atoms with Crippen LogP contribution in [-0.4, -0.2) is 11.1 Å². The maximum atomic E-state index is 11.5. The van der Waals surface area contributed by atoms with Gasteiger partial charge in [-0.25, -0.2) is 0 Å². The van der Waals surface area contributed by atoms with Gasteiger partial charge in [-0.05, 0) is 47.3 Å². The van der Waals surface area contributed by atoms with Gasteiger partial charge < -0.3 is 0 Å². The molecule has 0 aliphatic heterocycles. The molecular formula is C12H6BrNOS. The number of isothiocyanates is 1. The molecule has 0 aliphatic carbocycles. The number of thiocarbonyl (C=S) groups is 1. The first-order valence-corrected chi connectivity index (χ1v) is 5.72. The van der Waals surface area contributed by atoms with Crippen molar-refractivity contribution in [2.75, 3.05) is 0 Å². The van der Waals surface area contributed by atoms with Crippen LogP contribution in [0.15, 0.2) is 45.9 Å². The number of hydrogen-bond acceptors (Lipinski definition) is 2. The maximum Gasteiger partial charge on any atom is 0.285 e. The van der Waals surface area contributed by atoms with E-state index in [0.29, 0.717) is 5.56 Å². The maximum absolute atomic E-state index is 11.5. The molecule has 2 aromatic carbocycles. The van der Waals surface area contributed by atoms with Crippen LogP contribution in [0.2, 0.25) is 0 Å². The third kappa shape index (κ3) is 2.25. The Kier molecular flexibility index (Phi) is 3.25. The second kappa shape index (κ2) is 4.66. The third-order valence-electron chi connectivity index (χ3n) is 2.20. The predicted molar refractivity (Wildman–Crippen MR) is 71.0 cm³/mol. The zero-order chi connectivity index (χ0) is 11.5. The van der Waals surface area contributed by atoms with E-state index in [-0.39, 0.29) is 5.91 Å². The summed E-state index contributed by atoms with van der Waals surface area (Å²) in [6.45, 7) is 0. The Balaban J connectivity index is 2.56. The van der Waals surface area contributed by atoms with E-state index in [2.05, 4.69) is 38.3 Å². The first kappa shape index (κ1) is 11.1. The summed E-state index contributed by atoms with van der Waals surface area (Å²) in [4.78, 5) is 14.9. The topological polar surface area (TPSA) is 29.4 Å². The van der Waals surface area contributed by atoms with Crippen molar-refractivity contribution in [3.8, 4) is 0 Å². The van der Waals surface area contributed by atoms with E-state index in [1.807, 2.05) is 24.3 Å². The Hall–Kier alpha value is -1.35. The summed E-state index contributed by atoms with van der Waals surface area (Å²) >= 11 is 7.79. The number of nitrogens with zero attached hydrogens (tertiary/aromatic N) is 1. The molecule has 0 radical (unpaired) electrons. The first-order valence-electron chi connectivity index (χ1n) is 4.52. The SMILES string of the molecule is O=C(N=C=S)c1ccc2cc(Br)ccc2c1. The lowest BCUT2D eigenvalue weighted by Crippen LogP contribution is -1.93. The van der Waals surface area contributed by atoms with Crippen LogP contribution in [0.5, 0.6) is 0 Å². The van der Waals surface area contributed by atoms with Crippen molar-refractivity contribution in [2.45, 2.75) is 0 Å². The highest BCUT2D eigenvalue weighted by molar-refractivity contribution is 9.10. The standard InChI is InChI=1S/C12H6BrNOS/c13-11-4-3-8-5-10(12(15)14-7-16)2-1-9(8)6-11/h1-6H. The number of carbonyl (C=O) groups is 1. The second-order valence-electron chi connectivity index (χ2n) is 3.21. The van der Waals surface area contributed by atoms with Gasteiger partial charge in [0.2, 0.25) is 0 Å². The van der Waals surface area contributed by atoms with Gasteiger partial charge in [0, 0.05) is 10.0 Å². The monoisotopic (exact) mass is 291 g/mol. The smallest absolute Gasteiger partial charge is 0.266 e. The fraction of sp³-hybridized carbons (Fsp3) is 0. The Morgan fingerprint density at radius 3 is 2.62 bits per heavy atom. The Morgan fingerprint density at radius 1 is 1.19 bits per heavy atom. The fourth-order valence-corrected chi connectivity index (χ4v) is 1.92. The quantitative estimate of drug-likeness (QED) is 0.590. The van der Waals surface area contributed by atoms with Gasteiger partial charge in [-0.1, -0.05) is 28.1 Å². The molecule has 0 unspecified atom stereocenters. The normalized spacial score (nSPS) is 9.81. The van der Waals surface area contributed by atoms with Gasteiger partial charge >= 0.3 is 0 Å². The van der Waals surface area contributed by atoms with Crippen LogP contribution in [0.25, 0.3) is 10.8 Å². The van der Waals surface area contributed by atoms with Crippen molar-refractivity contribution >= 4 is 50.0 Å². The molecule has 1 amide bonds. The van der Waals surface area contributed by atoms with Crippen LogP contribution >= 0.6 is 28.1 Å². The van der Waals surface area contributed by atoms with E-state index in [9.17, 15) is 4.79 Å². The third-order valence-corrected chi connectivity index (χ3v) is 2.78. The average molecular weight is 292 g/mol. The van der Waals surface area contributed by atoms with Gasteiger partial charge in [0.15, 0.2) is 0 Å². The predicted octanol–water partition coefficient (Wildman–Crippen LogP) is 3.85. The van der Waals surface area contributed by atoms with Gasteiger partial charge in [0.05, 0.1) is 5.16 Å². The number of aliphatic imine (C=N–C) groups is 1. The molecule has 0 aliphatic rings. The summed E-state index contributed by atoms with van der Waals surface area (Å²) in [7, 11) is 0. The molecule has 2 aromatic rings. The molecule has 2 nitrogen and oxygen atoms in total. The van der Waals surface area contributed by atoms with Crippen LogP contribution in [-0.2, 0) is 0 Å². The average Bonchev–Trinajstić information content (AvgIpc) is 2.28. The molecule has 0 atom stereocenters. The molecule has 0 aromatic heterocycles. The molecule has 0 saturated heterocycles. The number of rotatable bonds is 1. The van der Waals surface area contributed by atoms with E-state index in [1.165, 1.54) is 0 Å². The lowest BCUT2D eigenvalue weighted by Gasteiger charge is -2.00.